The number of rotatable bonds is 6. The highest BCUT2D eigenvalue weighted by Crippen LogP contribution is 2.35. The van der Waals surface area contributed by atoms with Crippen molar-refractivity contribution in [3.8, 4) is 0 Å². The molecule has 0 aromatic carbocycles. The molecule has 1 saturated carbocycles. The Morgan fingerprint density at radius 2 is 2.41 bits per heavy atom. The smallest absolute Gasteiger partial charge is 0.203 e. The summed E-state index contributed by atoms with van der Waals surface area (Å²) in [4.78, 5) is 4.39. The van der Waals surface area contributed by atoms with E-state index in [9.17, 15) is 0 Å². The van der Waals surface area contributed by atoms with Crippen molar-refractivity contribution in [2.24, 2.45) is 5.92 Å². The maximum atomic E-state index is 5.04. The number of hydrogen-bond acceptors (Lipinski definition) is 3. The van der Waals surface area contributed by atoms with Gasteiger partial charge in [0.1, 0.15) is 0 Å². The van der Waals surface area contributed by atoms with Crippen LogP contribution in [0.25, 0.3) is 0 Å². The first-order chi connectivity index (χ1) is 8.31. The van der Waals surface area contributed by atoms with Crippen molar-refractivity contribution in [3.05, 3.63) is 12.4 Å². The van der Waals surface area contributed by atoms with E-state index < -0.39 is 0 Å². The Labute approximate surface area is 103 Å². The molecule has 1 N–H and O–H groups in total. The van der Waals surface area contributed by atoms with E-state index in [-0.39, 0.29) is 0 Å². The Hall–Kier alpha value is -1.03. The minimum Gasteiger partial charge on any atom is -0.385 e. The first-order valence-electron chi connectivity index (χ1n) is 6.57. The minimum atomic E-state index is 0.637. The molecule has 17 heavy (non-hydrogen) atoms. The zero-order chi connectivity index (χ0) is 12.1. The summed E-state index contributed by atoms with van der Waals surface area (Å²) in [5.41, 5.74) is 0. The van der Waals surface area contributed by atoms with Gasteiger partial charge in [-0.25, -0.2) is 4.98 Å². The van der Waals surface area contributed by atoms with Gasteiger partial charge in [-0.1, -0.05) is 6.92 Å². The number of imidazole rings is 1. The van der Waals surface area contributed by atoms with Crippen molar-refractivity contribution >= 4 is 5.95 Å². The maximum Gasteiger partial charge on any atom is 0.203 e. The maximum absolute atomic E-state index is 5.04. The van der Waals surface area contributed by atoms with E-state index in [2.05, 4.69) is 28.0 Å². The molecule has 1 aliphatic carbocycles. The van der Waals surface area contributed by atoms with Gasteiger partial charge in [-0.05, 0) is 31.6 Å². The number of ether oxygens (including phenoxy) is 1. The van der Waals surface area contributed by atoms with Crippen LogP contribution in [0, 0.1) is 5.92 Å². The fraction of sp³-hybridized carbons (Fsp3) is 0.769. The SMILES string of the molecule is COCCCNc1nccn1C1CCC(C)C1. The summed E-state index contributed by atoms with van der Waals surface area (Å²) in [6.07, 6.45) is 8.91. The molecule has 1 fully saturated rings. The molecule has 0 bridgehead atoms. The first-order valence-corrected chi connectivity index (χ1v) is 6.57. The molecule has 2 rings (SSSR count). The van der Waals surface area contributed by atoms with E-state index >= 15 is 0 Å². The van der Waals surface area contributed by atoms with Gasteiger partial charge in [0.25, 0.3) is 0 Å². The van der Waals surface area contributed by atoms with Crippen LogP contribution in [-0.2, 0) is 4.74 Å². The summed E-state index contributed by atoms with van der Waals surface area (Å²) in [6, 6.07) is 0.637. The van der Waals surface area contributed by atoms with E-state index in [1.165, 1.54) is 19.3 Å². The highest BCUT2D eigenvalue weighted by molar-refractivity contribution is 5.26. The summed E-state index contributed by atoms with van der Waals surface area (Å²) in [5, 5.41) is 3.39. The highest BCUT2D eigenvalue weighted by atomic mass is 16.5. The lowest BCUT2D eigenvalue weighted by Crippen LogP contribution is -2.13. The highest BCUT2D eigenvalue weighted by Gasteiger charge is 2.24. The van der Waals surface area contributed by atoms with Crippen LogP contribution in [0.5, 0.6) is 0 Å². The summed E-state index contributed by atoms with van der Waals surface area (Å²) < 4.78 is 7.34. The first kappa shape index (κ1) is 12.4. The molecule has 1 aromatic heterocycles. The molecule has 2 unspecified atom stereocenters. The molecule has 2 atom stereocenters. The van der Waals surface area contributed by atoms with E-state index in [4.69, 9.17) is 4.74 Å². The van der Waals surface area contributed by atoms with Gasteiger partial charge in [0.15, 0.2) is 0 Å². The molecule has 0 radical (unpaired) electrons. The Kier molecular flexibility index (Phi) is 4.42. The van der Waals surface area contributed by atoms with Crippen LogP contribution in [0.15, 0.2) is 12.4 Å². The standard InChI is InChI=1S/C13H23N3O/c1-11-4-5-12(10-11)16-8-7-15-13(16)14-6-3-9-17-2/h7-8,11-12H,3-6,9-10H2,1-2H3,(H,14,15). The lowest BCUT2D eigenvalue weighted by atomic mass is 10.1. The normalized spacial score (nSPS) is 24.1. The lowest BCUT2D eigenvalue weighted by molar-refractivity contribution is 0.197. The van der Waals surface area contributed by atoms with Crippen LogP contribution in [-0.4, -0.2) is 29.8 Å². The fourth-order valence-electron chi connectivity index (χ4n) is 2.59. The van der Waals surface area contributed by atoms with Crippen molar-refractivity contribution in [3.63, 3.8) is 0 Å². The van der Waals surface area contributed by atoms with Gasteiger partial charge < -0.3 is 14.6 Å². The molecule has 1 heterocycles. The van der Waals surface area contributed by atoms with E-state index in [0.717, 1.165) is 31.4 Å². The van der Waals surface area contributed by atoms with Gasteiger partial charge in [-0.15, -0.1) is 0 Å². The zero-order valence-corrected chi connectivity index (χ0v) is 10.9. The van der Waals surface area contributed by atoms with E-state index in [1.807, 2.05) is 6.20 Å². The topological polar surface area (TPSA) is 39.1 Å². The molecule has 0 aliphatic heterocycles. The van der Waals surface area contributed by atoms with Gasteiger partial charge in [-0.2, -0.15) is 0 Å². The lowest BCUT2D eigenvalue weighted by Gasteiger charge is -2.16. The quantitative estimate of drug-likeness (QED) is 0.773. The molecule has 96 valence electrons. The number of nitrogens with one attached hydrogen (secondary N) is 1. The summed E-state index contributed by atoms with van der Waals surface area (Å²) >= 11 is 0. The Morgan fingerprint density at radius 1 is 1.53 bits per heavy atom. The summed E-state index contributed by atoms with van der Waals surface area (Å²) in [5.74, 6) is 1.86. The van der Waals surface area contributed by atoms with Crippen LogP contribution in [0.2, 0.25) is 0 Å². The predicted octanol–water partition coefficient (Wildman–Crippen LogP) is 2.69. The van der Waals surface area contributed by atoms with Crippen LogP contribution in [0.1, 0.15) is 38.6 Å². The largest absolute Gasteiger partial charge is 0.385 e. The molecule has 1 aliphatic rings. The predicted molar refractivity (Wildman–Crippen MR) is 69.3 cm³/mol. The third kappa shape index (κ3) is 3.22. The number of methoxy groups -OCH3 is 1. The molecule has 4 nitrogen and oxygen atoms in total. The van der Waals surface area contributed by atoms with Gasteiger partial charge in [0.2, 0.25) is 5.95 Å². The number of nitrogens with zero attached hydrogens (tertiary/aromatic N) is 2. The molecule has 0 spiro atoms. The molecule has 0 saturated heterocycles. The zero-order valence-electron chi connectivity index (χ0n) is 10.9. The molecular formula is C13H23N3O. The van der Waals surface area contributed by atoms with E-state index in [1.54, 1.807) is 7.11 Å². The van der Waals surface area contributed by atoms with Gasteiger partial charge in [-0.3, -0.25) is 0 Å². The molecule has 1 aromatic rings. The number of hydrogen-bond donors (Lipinski definition) is 1. The second-order valence-electron chi connectivity index (χ2n) is 5.00. The van der Waals surface area contributed by atoms with Gasteiger partial charge in [0, 0.05) is 38.7 Å². The summed E-state index contributed by atoms with van der Waals surface area (Å²) in [7, 11) is 1.74. The van der Waals surface area contributed by atoms with Crippen molar-refractivity contribution in [2.75, 3.05) is 25.6 Å². The minimum absolute atomic E-state index is 0.637. The van der Waals surface area contributed by atoms with Gasteiger partial charge in [0.05, 0.1) is 0 Å². The van der Waals surface area contributed by atoms with Crippen molar-refractivity contribution in [1.82, 2.24) is 9.55 Å². The Morgan fingerprint density at radius 3 is 3.12 bits per heavy atom. The third-order valence-electron chi connectivity index (χ3n) is 3.54. The van der Waals surface area contributed by atoms with Crippen LogP contribution in [0.4, 0.5) is 5.95 Å². The van der Waals surface area contributed by atoms with Crippen molar-refractivity contribution in [2.45, 2.75) is 38.6 Å². The van der Waals surface area contributed by atoms with Crippen LogP contribution in [0.3, 0.4) is 0 Å². The van der Waals surface area contributed by atoms with Gasteiger partial charge >= 0.3 is 0 Å². The fourth-order valence-corrected chi connectivity index (χ4v) is 2.59. The second-order valence-corrected chi connectivity index (χ2v) is 5.00. The average molecular weight is 237 g/mol. The number of aromatic nitrogens is 2. The third-order valence-corrected chi connectivity index (χ3v) is 3.54. The second kappa shape index (κ2) is 6.05. The number of anilines is 1. The summed E-state index contributed by atoms with van der Waals surface area (Å²) in [6.45, 7) is 4.06. The monoisotopic (exact) mass is 237 g/mol. The van der Waals surface area contributed by atoms with Crippen molar-refractivity contribution < 1.29 is 4.74 Å². The van der Waals surface area contributed by atoms with Crippen LogP contribution < -0.4 is 5.32 Å². The Bertz CT molecular complexity index is 337. The van der Waals surface area contributed by atoms with Crippen LogP contribution >= 0.6 is 0 Å². The average Bonchev–Trinajstić information content (AvgIpc) is 2.93. The molecule has 4 heteroatoms. The Balaban J connectivity index is 1.88. The molecule has 0 amide bonds. The van der Waals surface area contributed by atoms with E-state index in [0.29, 0.717) is 6.04 Å². The molecular weight excluding hydrogens is 214 g/mol. The van der Waals surface area contributed by atoms with Crippen molar-refractivity contribution in [1.29, 1.82) is 0 Å².